The second kappa shape index (κ2) is 4.28. The molecule has 0 atom stereocenters. The minimum Gasteiger partial charge on any atom is -0.465 e. The van der Waals surface area contributed by atoms with Gasteiger partial charge < -0.3 is 5.11 Å². The summed E-state index contributed by atoms with van der Waals surface area (Å²) >= 11 is 0. The standard InChI is InChI=1S/C10H10N2O2/c1-2-12(10(13)14)9-6-4-3-5-8(9)7-11/h3-6H,2H2,1H3,(H,13,14). The van der Waals surface area contributed by atoms with E-state index in [-0.39, 0.29) is 0 Å². The summed E-state index contributed by atoms with van der Waals surface area (Å²) in [6.07, 6.45) is -1.05. The molecule has 0 unspecified atom stereocenters. The SMILES string of the molecule is CCN(C(=O)O)c1ccccc1C#N. The van der Waals surface area contributed by atoms with Crippen molar-refractivity contribution in [1.29, 1.82) is 5.26 Å². The number of benzene rings is 1. The van der Waals surface area contributed by atoms with Crippen molar-refractivity contribution in [1.82, 2.24) is 0 Å². The normalized spacial score (nSPS) is 9.14. The number of hydrogen-bond acceptors (Lipinski definition) is 2. The topological polar surface area (TPSA) is 64.3 Å². The van der Waals surface area contributed by atoms with Crippen LogP contribution in [0.15, 0.2) is 24.3 Å². The van der Waals surface area contributed by atoms with Gasteiger partial charge >= 0.3 is 6.09 Å². The first-order valence-corrected chi connectivity index (χ1v) is 4.20. The van der Waals surface area contributed by atoms with Gasteiger partial charge in [0.1, 0.15) is 6.07 Å². The van der Waals surface area contributed by atoms with Gasteiger partial charge in [-0.25, -0.2) is 4.79 Å². The fourth-order valence-electron chi connectivity index (χ4n) is 1.21. The van der Waals surface area contributed by atoms with Crippen molar-refractivity contribution >= 4 is 11.8 Å². The van der Waals surface area contributed by atoms with Gasteiger partial charge in [0.05, 0.1) is 11.3 Å². The van der Waals surface area contributed by atoms with Crippen LogP contribution < -0.4 is 4.90 Å². The van der Waals surface area contributed by atoms with Crippen molar-refractivity contribution in [3.05, 3.63) is 29.8 Å². The second-order valence-corrected chi connectivity index (χ2v) is 2.66. The molecule has 0 spiro atoms. The molecule has 0 bridgehead atoms. The van der Waals surface area contributed by atoms with E-state index in [1.807, 2.05) is 6.07 Å². The maximum atomic E-state index is 10.8. The van der Waals surface area contributed by atoms with Crippen molar-refractivity contribution in [3.8, 4) is 6.07 Å². The van der Waals surface area contributed by atoms with E-state index < -0.39 is 6.09 Å². The fraction of sp³-hybridized carbons (Fsp3) is 0.200. The van der Waals surface area contributed by atoms with E-state index in [1.54, 1.807) is 31.2 Å². The lowest BCUT2D eigenvalue weighted by molar-refractivity contribution is 0.202. The lowest BCUT2D eigenvalue weighted by Crippen LogP contribution is -2.29. The maximum absolute atomic E-state index is 10.8. The summed E-state index contributed by atoms with van der Waals surface area (Å²) < 4.78 is 0. The molecule has 0 aliphatic heterocycles. The highest BCUT2D eigenvalue weighted by Gasteiger charge is 2.14. The van der Waals surface area contributed by atoms with Crippen LogP contribution in [0.3, 0.4) is 0 Å². The van der Waals surface area contributed by atoms with E-state index in [9.17, 15) is 4.79 Å². The lowest BCUT2D eigenvalue weighted by Gasteiger charge is -2.17. The van der Waals surface area contributed by atoms with Crippen LogP contribution >= 0.6 is 0 Å². The Bertz CT molecular complexity index is 382. The molecule has 1 aromatic rings. The zero-order valence-electron chi connectivity index (χ0n) is 7.77. The van der Waals surface area contributed by atoms with Crippen LogP contribution in [-0.4, -0.2) is 17.7 Å². The largest absolute Gasteiger partial charge is 0.465 e. The first-order valence-electron chi connectivity index (χ1n) is 4.20. The van der Waals surface area contributed by atoms with Crippen LogP contribution in [0.2, 0.25) is 0 Å². The summed E-state index contributed by atoms with van der Waals surface area (Å²) in [6.45, 7) is 2.05. The van der Waals surface area contributed by atoms with Gasteiger partial charge in [-0.15, -0.1) is 0 Å². The predicted molar refractivity (Wildman–Crippen MR) is 52.2 cm³/mol. The molecule has 0 heterocycles. The highest BCUT2D eigenvalue weighted by Crippen LogP contribution is 2.19. The molecule has 72 valence electrons. The highest BCUT2D eigenvalue weighted by molar-refractivity contribution is 5.87. The molecular formula is C10H10N2O2. The van der Waals surface area contributed by atoms with Crippen LogP contribution in [0.5, 0.6) is 0 Å². The summed E-state index contributed by atoms with van der Waals surface area (Å²) in [5.74, 6) is 0. The van der Waals surface area contributed by atoms with Crippen LogP contribution in [0.1, 0.15) is 12.5 Å². The van der Waals surface area contributed by atoms with Crippen molar-refractivity contribution < 1.29 is 9.90 Å². The molecule has 4 nitrogen and oxygen atoms in total. The molecule has 0 saturated carbocycles. The third kappa shape index (κ3) is 1.83. The average molecular weight is 190 g/mol. The highest BCUT2D eigenvalue weighted by atomic mass is 16.4. The van der Waals surface area contributed by atoms with Crippen LogP contribution in [-0.2, 0) is 0 Å². The molecule has 4 heteroatoms. The molecule has 0 saturated heterocycles. The number of amides is 1. The van der Waals surface area contributed by atoms with E-state index in [0.29, 0.717) is 17.8 Å². The summed E-state index contributed by atoms with van der Waals surface area (Å²) in [6, 6.07) is 8.60. The molecule has 0 radical (unpaired) electrons. The van der Waals surface area contributed by atoms with E-state index >= 15 is 0 Å². The number of carboxylic acid groups (broad SMARTS) is 1. The minimum atomic E-state index is -1.05. The Labute approximate surface area is 82.0 Å². The first kappa shape index (κ1) is 10.1. The Balaban J connectivity index is 3.17. The molecule has 1 rings (SSSR count). The molecule has 0 fully saturated rings. The van der Waals surface area contributed by atoms with Gasteiger partial charge in [0, 0.05) is 6.54 Å². The van der Waals surface area contributed by atoms with E-state index in [4.69, 9.17) is 10.4 Å². The number of nitrogens with zero attached hydrogens (tertiary/aromatic N) is 2. The molecule has 1 N–H and O–H groups in total. The predicted octanol–water partition coefficient (Wildman–Crippen LogP) is 2.06. The Morgan fingerprint density at radius 2 is 2.21 bits per heavy atom. The molecule has 0 aliphatic carbocycles. The Hall–Kier alpha value is -2.02. The van der Waals surface area contributed by atoms with Crippen LogP contribution in [0.4, 0.5) is 10.5 Å². The van der Waals surface area contributed by atoms with Gasteiger partial charge in [0.25, 0.3) is 0 Å². The first-order chi connectivity index (χ1) is 6.70. The Kier molecular flexibility index (Phi) is 3.08. The number of para-hydroxylation sites is 1. The Morgan fingerprint density at radius 3 is 2.71 bits per heavy atom. The van der Waals surface area contributed by atoms with Gasteiger partial charge in [-0.05, 0) is 19.1 Å². The number of carbonyl (C=O) groups is 1. The van der Waals surface area contributed by atoms with Gasteiger partial charge in [0.2, 0.25) is 0 Å². The zero-order valence-corrected chi connectivity index (χ0v) is 7.77. The smallest absolute Gasteiger partial charge is 0.411 e. The van der Waals surface area contributed by atoms with Crippen LogP contribution in [0, 0.1) is 11.3 Å². The lowest BCUT2D eigenvalue weighted by atomic mass is 10.2. The molecule has 0 aromatic heterocycles. The molecule has 14 heavy (non-hydrogen) atoms. The monoisotopic (exact) mass is 190 g/mol. The van der Waals surface area contributed by atoms with Crippen LogP contribution in [0.25, 0.3) is 0 Å². The van der Waals surface area contributed by atoms with Crippen molar-refractivity contribution in [2.75, 3.05) is 11.4 Å². The van der Waals surface area contributed by atoms with Crippen molar-refractivity contribution in [3.63, 3.8) is 0 Å². The van der Waals surface area contributed by atoms with Gasteiger partial charge in [-0.3, -0.25) is 4.90 Å². The molecule has 1 aromatic carbocycles. The third-order valence-electron chi connectivity index (χ3n) is 1.86. The molecule has 0 aliphatic rings. The Morgan fingerprint density at radius 1 is 1.57 bits per heavy atom. The summed E-state index contributed by atoms with van der Waals surface area (Å²) in [4.78, 5) is 12.0. The quantitative estimate of drug-likeness (QED) is 0.776. The maximum Gasteiger partial charge on any atom is 0.411 e. The minimum absolute atomic E-state index is 0.327. The van der Waals surface area contributed by atoms with Crippen molar-refractivity contribution in [2.45, 2.75) is 6.92 Å². The summed E-state index contributed by atoms with van der Waals surface area (Å²) in [7, 11) is 0. The number of anilines is 1. The van der Waals surface area contributed by atoms with Gasteiger partial charge in [-0.1, -0.05) is 12.1 Å². The average Bonchev–Trinajstić information content (AvgIpc) is 2.19. The molecular weight excluding hydrogens is 180 g/mol. The van der Waals surface area contributed by atoms with Gasteiger partial charge in [-0.2, -0.15) is 5.26 Å². The summed E-state index contributed by atoms with van der Waals surface area (Å²) in [5.41, 5.74) is 0.807. The van der Waals surface area contributed by atoms with Gasteiger partial charge in [0.15, 0.2) is 0 Å². The number of hydrogen-bond donors (Lipinski definition) is 1. The fourth-order valence-corrected chi connectivity index (χ4v) is 1.21. The molecule has 1 amide bonds. The number of rotatable bonds is 2. The van der Waals surface area contributed by atoms with E-state index in [1.165, 1.54) is 0 Å². The second-order valence-electron chi connectivity index (χ2n) is 2.66. The van der Waals surface area contributed by atoms with Crippen molar-refractivity contribution in [2.24, 2.45) is 0 Å². The third-order valence-corrected chi connectivity index (χ3v) is 1.86. The van der Waals surface area contributed by atoms with E-state index in [0.717, 1.165) is 4.90 Å². The number of nitriles is 1. The summed E-state index contributed by atoms with van der Waals surface area (Å²) in [5, 5.41) is 17.6. The van der Waals surface area contributed by atoms with E-state index in [2.05, 4.69) is 0 Å². The zero-order chi connectivity index (χ0) is 10.6.